The van der Waals surface area contributed by atoms with Gasteiger partial charge in [0.05, 0.1) is 5.69 Å². The molecule has 0 saturated carbocycles. The molecule has 0 atom stereocenters. The van der Waals surface area contributed by atoms with Crippen LogP contribution in [0.15, 0.2) is 24.3 Å². The smallest absolute Gasteiger partial charge is 0.228 e. The zero-order chi connectivity index (χ0) is 13.9. The molecule has 0 spiro atoms. The Labute approximate surface area is 127 Å². The molecule has 1 aromatic carbocycles. The molecule has 3 rings (SSSR count). The lowest BCUT2D eigenvalue weighted by Crippen LogP contribution is -2.16. The Morgan fingerprint density at radius 2 is 1.75 bits per heavy atom. The number of rotatable bonds is 2. The molecule has 1 aliphatic rings. The molecule has 0 aliphatic carbocycles. The Balaban J connectivity index is 1.89. The molecule has 0 fully saturated rings. The van der Waals surface area contributed by atoms with Crippen molar-refractivity contribution in [3.8, 4) is 0 Å². The average Bonchev–Trinajstić information content (AvgIpc) is 2.67. The highest BCUT2D eigenvalue weighted by molar-refractivity contribution is 6.30. The lowest BCUT2D eigenvalue weighted by Gasteiger charge is -2.10. The molecule has 0 unspecified atom stereocenters. The quantitative estimate of drug-likeness (QED) is 0.836. The third-order valence-corrected chi connectivity index (χ3v) is 3.80. The summed E-state index contributed by atoms with van der Waals surface area (Å²) in [4.78, 5) is 8.90. The fourth-order valence-corrected chi connectivity index (χ4v) is 2.63. The van der Waals surface area contributed by atoms with Crippen LogP contribution in [0.4, 0.5) is 11.6 Å². The fraction of sp³-hybridized carbons (Fsp3) is 0.286. The average molecular weight is 309 g/mol. The van der Waals surface area contributed by atoms with Crippen molar-refractivity contribution in [3.05, 3.63) is 45.7 Å². The van der Waals surface area contributed by atoms with Crippen molar-refractivity contribution in [2.75, 3.05) is 18.4 Å². The summed E-state index contributed by atoms with van der Waals surface area (Å²) in [5.74, 6) is 0.526. The summed E-state index contributed by atoms with van der Waals surface area (Å²) in [7, 11) is 0. The van der Waals surface area contributed by atoms with Gasteiger partial charge in [-0.15, -0.1) is 0 Å². The van der Waals surface area contributed by atoms with Gasteiger partial charge in [-0.05, 0) is 37.2 Å². The summed E-state index contributed by atoms with van der Waals surface area (Å²) in [5.41, 5.74) is 2.96. The summed E-state index contributed by atoms with van der Waals surface area (Å²) < 4.78 is 0. The van der Waals surface area contributed by atoms with Crippen LogP contribution in [0.2, 0.25) is 10.2 Å². The minimum absolute atomic E-state index is 0.526. The fourth-order valence-electron chi connectivity index (χ4n) is 2.22. The molecule has 0 radical (unpaired) electrons. The van der Waals surface area contributed by atoms with E-state index in [-0.39, 0.29) is 0 Å². The van der Waals surface area contributed by atoms with Gasteiger partial charge in [-0.1, -0.05) is 23.2 Å². The van der Waals surface area contributed by atoms with Crippen molar-refractivity contribution in [1.29, 1.82) is 0 Å². The molecular weight excluding hydrogens is 295 g/mol. The monoisotopic (exact) mass is 308 g/mol. The van der Waals surface area contributed by atoms with Crippen LogP contribution in [0.3, 0.4) is 0 Å². The summed E-state index contributed by atoms with van der Waals surface area (Å²) >= 11 is 12.1. The lowest BCUT2D eigenvalue weighted by atomic mass is 10.1. The number of benzene rings is 1. The van der Waals surface area contributed by atoms with Gasteiger partial charge in [0.15, 0.2) is 0 Å². The van der Waals surface area contributed by atoms with E-state index in [1.54, 1.807) is 0 Å². The Kier molecular flexibility index (Phi) is 4.05. The van der Waals surface area contributed by atoms with E-state index in [1.807, 2.05) is 24.3 Å². The standard InChI is InChI=1S/C14H14Cl2N4/c15-9-1-3-10(4-2-9)18-14-19-12-6-8-17-7-5-11(12)13(16)20-14/h1-4,17H,5-8H2,(H,18,19,20). The van der Waals surface area contributed by atoms with E-state index < -0.39 is 0 Å². The van der Waals surface area contributed by atoms with Crippen LogP contribution in [-0.4, -0.2) is 23.1 Å². The Bertz CT molecular complexity index is 613. The molecular formula is C14H14Cl2N4. The van der Waals surface area contributed by atoms with E-state index >= 15 is 0 Å². The SMILES string of the molecule is Clc1ccc(Nc2nc(Cl)c3c(n2)CCNCC3)cc1. The van der Waals surface area contributed by atoms with Crippen LogP contribution in [0, 0.1) is 0 Å². The maximum atomic E-state index is 6.27. The minimum atomic E-state index is 0.526. The molecule has 2 N–H and O–H groups in total. The first-order valence-corrected chi connectivity index (χ1v) is 7.26. The molecule has 104 valence electrons. The molecule has 0 amide bonds. The number of nitrogens with one attached hydrogen (secondary N) is 2. The van der Waals surface area contributed by atoms with E-state index in [2.05, 4.69) is 20.6 Å². The molecule has 0 bridgehead atoms. The maximum absolute atomic E-state index is 6.27. The van der Waals surface area contributed by atoms with E-state index in [0.717, 1.165) is 42.9 Å². The Morgan fingerprint density at radius 3 is 2.55 bits per heavy atom. The molecule has 1 aliphatic heterocycles. The number of nitrogens with zero attached hydrogens (tertiary/aromatic N) is 2. The molecule has 0 saturated heterocycles. The van der Waals surface area contributed by atoms with Crippen molar-refractivity contribution in [2.24, 2.45) is 0 Å². The summed E-state index contributed by atoms with van der Waals surface area (Å²) in [6.45, 7) is 1.83. The van der Waals surface area contributed by atoms with Gasteiger partial charge in [-0.2, -0.15) is 0 Å². The Hall–Kier alpha value is -1.36. The number of halogens is 2. The number of hydrogen-bond donors (Lipinski definition) is 2. The van der Waals surface area contributed by atoms with Gasteiger partial charge in [-0.3, -0.25) is 0 Å². The first-order chi connectivity index (χ1) is 9.72. The highest BCUT2D eigenvalue weighted by Crippen LogP contribution is 2.23. The van der Waals surface area contributed by atoms with E-state index in [1.165, 1.54) is 0 Å². The summed E-state index contributed by atoms with van der Waals surface area (Å²) in [6.07, 6.45) is 1.74. The number of fused-ring (bicyclic) bond motifs is 1. The van der Waals surface area contributed by atoms with Gasteiger partial charge in [0, 0.05) is 29.2 Å². The summed E-state index contributed by atoms with van der Waals surface area (Å²) in [5, 5.41) is 7.73. The number of aromatic nitrogens is 2. The van der Waals surface area contributed by atoms with E-state index in [9.17, 15) is 0 Å². The van der Waals surface area contributed by atoms with Gasteiger partial charge in [-0.25, -0.2) is 9.97 Å². The predicted molar refractivity (Wildman–Crippen MR) is 82.1 cm³/mol. The van der Waals surface area contributed by atoms with Crippen LogP contribution in [0.5, 0.6) is 0 Å². The van der Waals surface area contributed by atoms with Crippen LogP contribution < -0.4 is 10.6 Å². The van der Waals surface area contributed by atoms with Gasteiger partial charge in [0.2, 0.25) is 5.95 Å². The third kappa shape index (κ3) is 3.03. The van der Waals surface area contributed by atoms with Crippen molar-refractivity contribution < 1.29 is 0 Å². The van der Waals surface area contributed by atoms with E-state index in [4.69, 9.17) is 23.2 Å². The van der Waals surface area contributed by atoms with Crippen molar-refractivity contribution in [1.82, 2.24) is 15.3 Å². The van der Waals surface area contributed by atoms with Gasteiger partial charge < -0.3 is 10.6 Å². The predicted octanol–water partition coefficient (Wildman–Crippen LogP) is 3.22. The largest absolute Gasteiger partial charge is 0.324 e. The normalized spacial score (nSPS) is 14.5. The maximum Gasteiger partial charge on any atom is 0.228 e. The lowest BCUT2D eigenvalue weighted by molar-refractivity contribution is 0.708. The van der Waals surface area contributed by atoms with E-state index in [0.29, 0.717) is 16.1 Å². The molecule has 4 nitrogen and oxygen atoms in total. The first-order valence-electron chi connectivity index (χ1n) is 6.51. The van der Waals surface area contributed by atoms with Crippen LogP contribution in [-0.2, 0) is 12.8 Å². The highest BCUT2D eigenvalue weighted by Gasteiger charge is 2.15. The molecule has 2 aromatic rings. The summed E-state index contributed by atoms with van der Waals surface area (Å²) in [6, 6.07) is 7.40. The second kappa shape index (κ2) is 5.95. The van der Waals surface area contributed by atoms with Crippen LogP contribution in [0.25, 0.3) is 0 Å². The van der Waals surface area contributed by atoms with Crippen molar-refractivity contribution >= 4 is 34.8 Å². The van der Waals surface area contributed by atoms with Crippen LogP contribution >= 0.6 is 23.2 Å². The van der Waals surface area contributed by atoms with Crippen molar-refractivity contribution in [2.45, 2.75) is 12.8 Å². The zero-order valence-corrected chi connectivity index (χ0v) is 12.3. The molecule has 1 aromatic heterocycles. The second-order valence-electron chi connectivity index (χ2n) is 4.65. The number of anilines is 2. The third-order valence-electron chi connectivity index (χ3n) is 3.23. The van der Waals surface area contributed by atoms with Gasteiger partial charge in [0.25, 0.3) is 0 Å². The molecule has 20 heavy (non-hydrogen) atoms. The highest BCUT2D eigenvalue weighted by atomic mass is 35.5. The molecule has 2 heterocycles. The topological polar surface area (TPSA) is 49.8 Å². The first kappa shape index (κ1) is 13.6. The van der Waals surface area contributed by atoms with Gasteiger partial charge >= 0.3 is 0 Å². The van der Waals surface area contributed by atoms with Crippen LogP contribution in [0.1, 0.15) is 11.3 Å². The number of hydrogen-bond acceptors (Lipinski definition) is 4. The van der Waals surface area contributed by atoms with Crippen molar-refractivity contribution in [3.63, 3.8) is 0 Å². The Morgan fingerprint density at radius 1 is 1.00 bits per heavy atom. The van der Waals surface area contributed by atoms with Gasteiger partial charge in [0.1, 0.15) is 5.15 Å². The second-order valence-corrected chi connectivity index (χ2v) is 5.44. The zero-order valence-electron chi connectivity index (χ0n) is 10.8. The molecule has 6 heteroatoms. The minimum Gasteiger partial charge on any atom is -0.324 e.